The minimum Gasteiger partial charge on any atom is -0.337 e. The number of hydrogen-bond acceptors (Lipinski definition) is 4. The summed E-state index contributed by atoms with van der Waals surface area (Å²) < 4.78 is 44.5. The van der Waals surface area contributed by atoms with Gasteiger partial charge in [-0.3, -0.25) is 4.68 Å². The predicted octanol–water partition coefficient (Wildman–Crippen LogP) is 3.97. The fourth-order valence-electron chi connectivity index (χ4n) is 3.24. The molecule has 0 radical (unpaired) electrons. The van der Waals surface area contributed by atoms with Crippen molar-refractivity contribution < 1.29 is 17.7 Å². The van der Waals surface area contributed by atoms with Crippen LogP contribution >= 0.6 is 0 Å². The van der Waals surface area contributed by atoms with Gasteiger partial charge in [0.15, 0.2) is 11.5 Å². The van der Waals surface area contributed by atoms with Crippen molar-refractivity contribution in [2.75, 3.05) is 0 Å². The first-order valence-electron chi connectivity index (χ1n) is 8.45. The van der Waals surface area contributed by atoms with Crippen LogP contribution in [0.1, 0.15) is 53.5 Å². The Kier molecular flexibility index (Phi) is 4.05. The third-order valence-corrected chi connectivity index (χ3v) is 4.66. The van der Waals surface area contributed by atoms with E-state index in [0.717, 1.165) is 24.5 Å². The molecule has 3 aromatic rings. The molecule has 0 saturated heterocycles. The van der Waals surface area contributed by atoms with Gasteiger partial charge in [0.05, 0.1) is 0 Å². The standard InChI is InChI=1S/C18H17F3N4O/c1-11(25-8-7-15(23-25)18(19,20)21)17-22-16(24-26-17)10-12-5-6-13-3-2-4-14(13)9-12/h5-9,11H,2-4,10H2,1H3. The van der Waals surface area contributed by atoms with Gasteiger partial charge in [0.25, 0.3) is 5.89 Å². The molecule has 8 heteroatoms. The summed E-state index contributed by atoms with van der Waals surface area (Å²) in [5.41, 5.74) is 2.93. The van der Waals surface area contributed by atoms with E-state index in [1.807, 2.05) is 0 Å². The van der Waals surface area contributed by atoms with E-state index in [0.29, 0.717) is 12.2 Å². The van der Waals surface area contributed by atoms with E-state index >= 15 is 0 Å². The Bertz CT molecular complexity index is 929. The molecule has 0 aliphatic heterocycles. The largest absolute Gasteiger partial charge is 0.435 e. The number of alkyl halides is 3. The maximum atomic E-state index is 12.7. The molecule has 4 rings (SSSR count). The molecule has 1 unspecified atom stereocenters. The van der Waals surface area contributed by atoms with E-state index in [4.69, 9.17) is 4.52 Å². The van der Waals surface area contributed by atoms with Gasteiger partial charge in [-0.15, -0.1) is 0 Å². The lowest BCUT2D eigenvalue weighted by molar-refractivity contribution is -0.141. The second kappa shape index (κ2) is 6.26. The van der Waals surface area contributed by atoms with Gasteiger partial charge >= 0.3 is 6.18 Å². The molecule has 1 aromatic carbocycles. The van der Waals surface area contributed by atoms with Crippen LogP contribution in [0, 0.1) is 0 Å². The smallest absolute Gasteiger partial charge is 0.337 e. The molecule has 2 aromatic heterocycles. The maximum Gasteiger partial charge on any atom is 0.435 e. The molecule has 5 nitrogen and oxygen atoms in total. The fraction of sp³-hybridized carbons (Fsp3) is 0.389. The van der Waals surface area contributed by atoms with Crippen LogP contribution < -0.4 is 0 Å². The second-order valence-corrected chi connectivity index (χ2v) is 6.54. The predicted molar refractivity (Wildman–Crippen MR) is 86.6 cm³/mol. The maximum absolute atomic E-state index is 12.7. The molecule has 0 saturated carbocycles. The van der Waals surface area contributed by atoms with E-state index in [9.17, 15) is 13.2 Å². The molecule has 1 aliphatic rings. The summed E-state index contributed by atoms with van der Waals surface area (Å²) in [6, 6.07) is 6.73. The van der Waals surface area contributed by atoms with Crippen molar-refractivity contribution in [2.45, 2.75) is 44.8 Å². The molecular formula is C18H17F3N4O. The summed E-state index contributed by atoms with van der Waals surface area (Å²) in [4.78, 5) is 4.33. The number of halogens is 3. The lowest BCUT2D eigenvalue weighted by atomic mass is 10.0. The molecule has 136 valence electrons. The normalized spacial score (nSPS) is 15.2. The van der Waals surface area contributed by atoms with E-state index in [1.165, 1.54) is 28.4 Å². The average molecular weight is 362 g/mol. The molecule has 26 heavy (non-hydrogen) atoms. The number of aromatic nitrogens is 4. The van der Waals surface area contributed by atoms with Crippen LogP contribution in [0.2, 0.25) is 0 Å². The van der Waals surface area contributed by atoms with Crippen LogP contribution in [0.3, 0.4) is 0 Å². The lowest BCUT2D eigenvalue weighted by Crippen LogP contribution is -2.11. The van der Waals surface area contributed by atoms with Gasteiger partial charge in [0.2, 0.25) is 0 Å². The molecule has 0 fully saturated rings. The van der Waals surface area contributed by atoms with Crippen molar-refractivity contribution in [3.05, 3.63) is 64.6 Å². The summed E-state index contributed by atoms with van der Waals surface area (Å²) in [7, 11) is 0. The Labute approximate surface area is 147 Å². The van der Waals surface area contributed by atoms with Crippen molar-refractivity contribution >= 4 is 0 Å². The Morgan fingerprint density at radius 1 is 1.19 bits per heavy atom. The summed E-state index contributed by atoms with van der Waals surface area (Å²) in [6.45, 7) is 1.67. The molecular weight excluding hydrogens is 345 g/mol. The van der Waals surface area contributed by atoms with E-state index < -0.39 is 17.9 Å². The van der Waals surface area contributed by atoms with Gasteiger partial charge in [-0.25, -0.2) is 0 Å². The van der Waals surface area contributed by atoms with Crippen LogP contribution in [-0.2, 0) is 25.4 Å². The molecule has 0 N–H and O–H groups in total. The van der Waals surface area contributed by atoms with E-state index in [1.54, 1.807) is 6.92 Å². The minimum atomic E-state index is -4.47. The van der Waals surface area contributed by atoms with Crippen LogP contribution in [0.4, 0.5) is 13.2 Å². The minimum absolute atomic E-state index is 0.234. The Morgan fingerprint density at radius 2 is 2.00 bits per heavy atom. The Balaban J connectivity index is 1.50. The number of hydrogen-bond donors (Lipinski definition) is 0. The first-order chi connectivity index (χ1) is 12.4. The zero-order valence-corrected chi connectivity index (χ0v) is 14.1. The summed E-state index contributed by atoms with van der Waals surface area (Å²) in [5.74, 6) is 0.742. The molecule has 2 heterocycles. The lowest BCUT2D eigenvalue weighted by Gasteiger charge is -2.07. The zero-order valence-electron chi connectivity index (χ0n) is 14.1. The molecule has 0 amide bonds. The van der Waals surface area contributed by atoms with Gasteiger partial charge in [-0.2, -0.15) is 23.3 Å². The van der Waals surface area contributed by atoms with Crippen LogP contribution in [-0.4, -0.2) is 19.9 Å². The van der Waals surface area contributed by atoms with Crippen molar-refractivity contribution in [1.29, 1.82) is 0 Å². The highest BCUT2D eigenvalue weighted by molar-refractivity contribution is 5.36. The SMILES string of the molecule is CC(c1nc(Cc2ccc3c(c2)CCC3)no1)n1ccc(C(F)(F)F)n1. The van der Waals surface area contributed by atoms with Crippen LogP contribution in [0.25, 0.3) is 0 Å². The van der Waals surface area contributed by atoms with Gasteiger partial charge < -0.3 is 4.52 Å². The fourth-order valence-corrected chi connectivity index (χ4v) is 3.24. The first-order valence-corrected chi connectivity index (χ1v) is 8.45. The summed E-state index contributed by atoms with van der Waals surface area (Å²) >= 11 is 0. The highest BCUT2D eigenvalue weighted by Gasteiger charge is 2.34. The quantitative estimate of drug-likeness (QED) is 0.705. The number of nitrogens with zero attached hydrogens (tertiary/aromatic N) is 4. The highest BCUT2D eigenvalue weighted by Crippen LogP contribution is 2.28. The van der Waals surface area contributed by atoms with Gasteiger partial charge in [-0.1, -0.05) is 23.4 Å². The average Bonchev–Trinajstić information content (AvgIpc) is 3.33. The molecule has 0 bridgehead atoms. The van der Waals surface area contributed by atoms with E-state index in [2.05, 4.69) is 33.4 Å². The summed E-state index contributed by atoms with van der Waals surface area (Å²) in [5, 5.41) is 7.51. The van der Waals surface area contributed by atoms with Crippen molar-refractivity contribution in [3.8, 4) is 0 Å². The number of aryl methyl sites for hydroxylation is 2. The first kappa shape index (κ1) is 16.8. The molecule has 1 aliphatic carbocycles. The van der Waals surface area contributed by atoms with Crippen molar-refractivity contribution in [3.63, 3.8) is 0 Å². The topological polar surface area (TPSA) is 56.7 Å². The third-order valence-electron chi connectivity index (χ3n) is 4.66. The Morgan fingerprint density at radius 3 is 2.77 bits per heavy atom. The Hall–Kier alpha value is -2.64. The van der Waals surface area contributed by atoms with Gasteiger partial charge in [0.1, 0.15) is 6.04 Å². The number of rotatable bonds is 4. The monoisotopic (exact) mass is 362 g/mol. The third kappa shape index (κ3) is 3.23. The highest BCUT2D eigenvalue weighted by atomic mass is 19.4. The van der Waals surface area contributed by atoms with Crippen LogP contribution in [0.15, 0.2) is 35.0 Å². The summed E-state index contributed by atoms with van der Waals surface area (Å²) in [6.07, 6.45) is 0.723. The van der Waals surface area contributed by atoms with Crippen LogP contribution in [0.5, 0.6) is 0 Å². The van der Waals surface area contributed by atoms with Crippen molar-refractivity contribution in [2.24, 2.45) is 0 Å². The zero-order chi connectivity index (χ0) is 18.3. The molecule has 1 atom stereocenters. The van der Waals surface area contributed by atoms with E-state index in [-0.39, 0.29) is 5.89 Å². The molecule has 0 spiro atoms. The number of fused-ring (bicyclic) bond motifs is 1. The van der Waals surface area contributed by atoms with Gasteiger partial charge in [0, 0.05) is 12.6 Å². The van der Waals surface area contributed by atoms with Gasteiger partial charge in [-0.05, 0) is 48.9 Å². The second-order valence-electron chi connectivity index (χ2n) is 6.54. The van der Waals surface area contributed by atoms with Crippen molar-refractivity contribution in [1.82, 2.24) is 19.9 Å². The number of benzene rings is 1.